The summed E-state index contributed by atoms with van der Waals surface area (Å²) in [4.78, 5) is 0. The Morgan fingerprint density at radius 1 is 0.737 bits per heavy atom. The van der Waals surface area contributed by atoms with Gasteiger partial charge in [-0.2, -0.15) is 0 Å². The molecule has 0 radical (unpaired) electrons. The molecule has 0 nitrogen and oxygen atoms in total. The molecule has 0 aromatic rings. The molecule has 0 aromatic heterocycles. The first-order valence-electron chi connectivity index (χ1n) is 9.10. The van der Waals surface area contributed by atoms with Gasteiger partial charge in [-0.3, -0.25) is 0 Å². The van der Waals surface area contributed by atoms with Crippen LogP contribution < -0.4 is 0 Å². The van der Waals surface area contributed by atoms with Crippen LogP contribution in [0.2, 0.25) is 0 Å². The van der Waals surface area contributed by atoms with E-state index in [0.717, 1.165) is 22.7 Å². The summed E-state index contributed by atoms with van der Waals surface area (Å²) in [6.45, 7) is 5.27. The summed E-state index contributed by atoms with van der Waals surface area (Å²) in [5.41, 5.74) is 2.37. The second-order valence-electron chi connectivity index (χ2n) is 9.63. The van der Waals surface area contributed by atoms with Crippen molar-refractivity contribution in [2.45, 2.75) is 78.1 Å². The monoisotopic (exact) mass is 258 g/mol. The van der Waals surface area contributed by atoms with Crippen molar-refractivity contribution >= 4 is 0 Å². The Morgan fingerprint density at radius 3 is 2.16 bits per heavy atom. The van der Waals surface area contributed by atoms with Crippen LogP contribution in [0.3, 0.4) is 0 Å². The fourth-order valence-corrected chi connectivity index (χ4v) is 8.42. The van der Waals surface area contributed by atoms with E-state index in [1.165, 1.54) is 24.7 Å². The van der Waals surface area contributed by atoms with Gasteiger partial charge in [0.05, 0.1) is 0 Å². The van der Waals surface area contributed by atoms with Crippen LogP contribution in [-0.2, 0) is 0 Å². The predicted molar refractivity (Wildman–Crippen MR) is 78.8 cm³/mol. The van der Waals surface area contributed by atoms with Gasteiger partial charge < -0.3 is 0 Å². The van der Waals surface area contributed by atoms with Crippen molar-refractivity contribution in [2.75, 3.05) is 0 Å². The Morgan fingerprint density at radius 2 is 1.47 bits per heavy atom. The summed E-state index contributed by atoms with van der Waals surface area (Å²) in [5, 5.41) is 0. The molecule has 19 heavy (non-hydrogen) atoms. The number of hydrogen-bond donors (Lipinski definition) is 0. The van der Waals surface area contributed by atoms with Gasteiger partial charge in [-0.15, -0.1) is 0 Å². The van der Waals surface area contributed by atoms with Crippen molar-refractivity contribution in [3.05, 3.63) is 0 Å². The highest BCUT2D eigenvalue weighted by molar-refractivity contribution is 5.28. The minimum absolute atomic E-state index is 0.655. The Kier molecular flexibility index (Phi) is 1.99. The summed E-state index contributed by atoms with van der Waals surface area (Å²) in [7, 11) is 0. The van der Waals surface area contributed by atoms with Crippen molar-refractivity contribution in [3.63, 3.8) is 0 Å². The van der Waals surface area contributed by atoms with Crippen LogP contribution in [0.5, 0.6) is 0 Å². The third-order valence-corrected chi connectivity index (χ3v) is 8.95. The molecule has 0 heteroatoms. The average molecular weight is 258 g/mol. The lowest BCUT2D eigenvalue weighted by Gasteiger charge is -2.70. The van der Waals surface area contributed by atoms with Gasteiger partial charge in [-0.05, 0) is 78.4 Å². The van der Waals surface area contributed by atoms with Gasteiger partial charge in [-0.25, -0.2) is 0 Å². The highest BCUT2D eigenvalue weighted by atomic mass is 14.8. The third kappa shape index (κ3) is 1.09. The van der Waals surface area contributed by atoms with E-state index >= 15 is 0 Å². The largest absolute Gasteiger partial charge is 0.0596 e. The van der Waals surface area contributed by atoms with E-state index < -0.39 is 0 Å². The molecule has 5 fully saturated rings. The van der Waals surface area contributed by atoms with Gasteiger partial charge in [0, 0.05) is 0 Å². The van der Waals surface area contributed by atoms with Gasteiger partial charge >= 0.3 is 0 Å². The summed E-state index contributed by atoms with van der Waals surface area (Å²) in [6.07, 6.45) is 15.9. The van der Waals surface area contributed by atoms with E-state index in [1.807, 2.05) is 0 Å². The number of fused-ring (bicyclic) bond motifs is 3. The molecule has 0 aliphatic heterocycles. The van der Waals surface area contributed by atoms with Crippen LogP contribution in [0, 0.1) is 39.9 Å². The Balaban J connectivity index is 1.62. The highest BCUT2D eigenvalue weighted by Crippen LogP contribution is 2.87. The van der Waals surface area contributed by atoms with Crippen LogP contribution in [0.4, 0.5) is 0 Å². The lowest BCUT2D eigenvalue weighted by Crippen LogP contribution is -2.63. The molecule has 0 saturated heterocycles. The zero-order chi connectivity index (χ0) is 12.9. The molecule has 2 bridgehead atoms. The maximum absolute atomic E-state index is 2.63. The standard InChI is InChI=1S/C19H30/c1-17(2)11-14-9-13-10-15-18(7-5-3-4-6-8-18)16(17)12-19(13,14)15/h13-16H,3-12H2,1-2H3. The molecule has 0 heterocycles. The van der Waals surface area contributed by atoms with Crippen LogP contribution in [0.1, 0.15) is 78.1 Å². The molecule has 0 amide bonds. The fourth-order valence-electron chi connectivity index (χ4n) is 8.42. The van der Waals surface area contributed by atoms with Crippen LogP contribution in [0.15, 0.2) is 0 Å². The van der Waals surface area contributed by atoms with Crippen molar-refractivity contribution in [1.82, 2.24) is 0 Å². The van der Waals surface area contributed by atoms with Gasteiger partial charge in [0.15, 0.2) is 0 Å². The topological polar surface area (TPSA) is 0 Å². The van der Waals surface area contributed by atoms with E-state index in [9.17, 15) is 0 Å². The minimum atomic E-state index is 0.655. The molecule has 5 atom stereocenters. The average Bonchev–Trinajstić information content (AvgIpc) is 2.47. The second-order valence-corrected chi connectivity index (χ2v) is 9.63. The SMILES string of the molecule is CC1(C)CC2CC3CC4C5(CCCCCC5)C1CC324. The first kappa shape index (κ1) is 11.6. The molecular formula is C19H30. The summed E-state index contributed by atoms with van der Waals surface area (Å²) >= 11 is 0. The van der Waals surface area contributed by atoms with Crippen LogP contribution in [-0.4, -0.2) is 0 Å². The molecule has 5 unspecified atom stereocenters. The zero-order valence-electron chi connectivity index (χ0n) is 12.9. The molecular weight excluding hydrogens is 228 g/mol. The third-order valence-electron chi connectivity index (χ3n) is 8.95. The number of rotatable bonds is 0. The van der Waals surface area contributed by atoms with E-state index in [1.54, 1.807) is 51.4 Å². The van der Waals surface area contributed by atoms with E-state index in [4.69, 9.17) is 0 Å². The molecule has 2 spiro atoms. The second kappa shape index (κ2) is 3.25. The molecule has 0 aromatic carbocycles. The van der Waals surface area contributed by atoms with E-state index in [2.05, 4.69) is 13.8 Å². The van der Waals surface area contributed by atoms with Gasteiger partial charge in [-0.1, -0.05) is 39.5 Å². The molecule has 5 rings (SSSR count). The maximum atomic E-state index is 2.63. The van der Waals surface area contributed by atoms with Gasteiger partial charge in [0.2, 0.25) is 0 Å². The Hall–Kier alpha value is 0. The normalized spacial score (nSPS) is 55.9. The first-order valence-corrected chi connectivity index (χ1v) is 9.10. The lowest BCUT2D eigenvalue weighted by atomic mass is 9.35. The van der Waals surface area contributed by atoms with Crippen molar-refractivity contribution < 1.29 is 0 Å². The predicted octanol–water partition coefficient (Wildman–Crippen LogP) is 5.42. The van der Waals surface area contributed by atoms with Crippen LogP contribution in [0.25, 0.3) is 0 Å². The van der Waals surface area contributed by atoms with E-state index in [0.29, 0.717) is 5.41 Å². The smallest absolute Gasteiger partial charge is 0.0204 e. The van der Waals surface area contributed by atoms with Gasteiger partial charge in [0.1, 0.15) is 0 Å². The number of hydrogen-bond acceptors (Lipinski definition) is 0. The minimum Gasteiger partial charge on any atom is -0.0596 e. The molecule has 106 valence electrons. The fraction of sp³-hybridized carbons (Fsp3) is 1.00. The summed E-state index contributed by atoms with van der Waals surface area (Å²) < 4.78 is 0. The molecule has 5 aliphatic carbocycles. The Bertz CT molecular complexity index is 412. The van der Waals surface area contributed by atoms with E-state index in [-0.39, 0.29) is 0 Å². The maximum Gasteiger partial charge on any atom is -0.0204 e. The Labute approximate surface area is 118 Å². The molecule has 5 aliphatic rings. The lowest BCUT2D eigenvalue weighted by molar-refractivity contribution is -0.214. The van der Waals surface area contributed by atoms with Crippen molar-refractivity contribution in [3.8, 4) is 0 Å². The molecule has 0 N–H and O–H groups in total. The first-order chi connectivity index (χ1) is 9.10. The summed E-state index contributed by atoms with van der Waals surface area (Å²) in [6, 6.07) is 0. The van der Waals surface area contributed by atoms with Crippen molar-refractivity contribution in [2.24, 2.45) is 39.9 Å². The quantitative estimate of drug-likeness (QED) is 0.544. The molecule has 5 saturated carbocycles. The zero-order valence-corrected chi connectivity index (χ0v) is 12.9. The van der Waals surface area contributed by atoms with Gasteiger partial charge in [0.25, 0.3) is 0 Å². The van der Waals surface area contributed by atoms with Crippen LogP contribution >= 0.6 is 0 Å². The van der Waals surface area contributed by atoms with Crippen molar-refractivity contribution in [1.29, 1.82) is 0 Å². The highest BCUT2D eigenvalue weighted by Gasteiger charge is 2.79. The summed E-state index contributed by atoms with van der Waals surface area (Å²) in [5.74, 6) is 4.59.